The van der Waals surface area contributed by atoms with Crippen molar-refractivity contribution in [3.8, 4) is 0 Å². The summed E-state index contributed by atoms with van der Waals surface area (Å²) in [6.07, 6.45) is 8.30. The van der Waals surface area contributed by atoms with Gasteiger partial charge in [-0.05, 0) is 37.2 Å². The first kappa shape index (κ1) is 12.2. The molecule has 1 aliphatic carbocycles. The van der Waals surface area contributed by atoms with Crippen LogP contribution in [0.25, 0.3) is 0 Å². The average Bonchev–Trinajstić information content (AvgIpc) is 2.30. The molecule has 0 spiro atoms. The summed E-state index contributed by atoms with van der Waals surface area (Å²) >= 11 is 3.74. The lowest BCUT2D eigenvalue weighted by atomic mass is 9.72. The Balaban J connectivity index is 2.11. The SMILES string of the molecule is Cc1cccc(CC2(CBr)CCCCC2)c1. The van der Waals surface area contributed by atoms with Gasteiger partial charge in [-0.2, -0.15) is 0 Å². The molecule has 16 heavy (non-hydrogen) atoms. The maximum Gasteiger partial charge on any atom is 0.00911 e. The molecular formula is C15H21Br. The van der Waals surface area contributed by atoms with Crippen LogP contribution in [0.15, 0.2) is 24.3 Å². The second-order valence-electron chi connectivity index (χ2n) is 5.36. The number of aryl methyl sites for hydroxylation is 1. The van der Waals surface area contributed by atoms with Gasteiger partial charge in [0.2, 0.25) is 0 Å². The maximum atomic E-state index is 3.74. The lowest BCUT2D eigenvalue weighted by molar-refractivity contribution is 0.223. The minimum absolute atomic E-state index is 0.534. The summed E-state index contributed by atoms with van der Waals surface area (Å²) in [5, 5.41) is 1.16. The van der Waals surface area contributed by atoms with Crippen molar-refractivity contribution < 1.29 is 0 Å². The molecule has 0 unspecified atom stereocenters. The summed E-state index contributed by atoms with van der Waals surface area (Å²) in [5.74, 6) is 0. The van der Waals surface area contributed by atoms with Crippen LogP contribution in [0.4, 0.5) is 0 Å². The Morgan fingerprint density at radius 3 is 2.56 bits per heavy atom. The van der Waals surface area contributed by atoms with E-state index in [2.05, 4.69) is 47.1 Å². The van der Waals surface area contributed by atoms with Crippen molar-refractivity contribution in [1.29, 1.82) is 0 Å². The largest absolute Gasteiger partial charge is 0.0922 e. The highest BCUT2D eigenvalue weighted by molar-refractivity contribution is 9.09. The first-order valence-electron chi connectivity index (χ1n) is 6.36. The fraction of sp³-hybridized carbons (Fsp3) is 0.600. The third-order valence-electron chi connectivity index (χ3n) is 3.86. The van der Waals surface area contributed by atoms with Crippen molar-refractivity contribution in [2.75, 3.05) is 5.33 Å². The molecule has 0 saturated heterocycles. The van der Waals surface area contributed by atoms with Gasteiger partial charge >= 0.3 is 0 Å². The van der Waals surface area contributed by atoms with Crippen LogP contribution >= 0.6 is 15.9 Å². The van der Waals surface area contributed by atoms with Crippen LogP contribution in [0.3, 0.4) is 0 Å². The molecule has 1 fully saturated rings. The Labute approximate surface area is 108 Å². The summed E-state index contributed by atoms with van der Waals surface area (Å²) in [6.45, 7) is 2.19. The van der Waals surface area contributed by atoms with Crippen molar-refractivity contribution >= 4 is 15.9 Å². The molecule has 0 amide bonds. The molecule has 0 aromatic heterocycles. The minimum Gasteiger partial charge on any atom is -0.0922 e. The van der Waals surface area contributed by atoms with Gasteiger partial charge in [-0.1, -0.05) is 65.0 Å². The Morgan fingerprint density at radius 1 is 1.19 bits per heavy atom. The quantitative estimate of drug-likeness (QED) is 0.692. The van der Waals surface area contributed by atoms with Gasteiger partial charge in [0, 0.05) is 5.33 Å². The van der Waals surface area contributed by atoms with Crippen LogP contribution in [0.5, 0.6) is 0 Å². The summed E-state index contributed by atoms with van der Waals surface area (Å²) in [6, 6.07) is 9.01. The lowest BCUT2D eigenvalue weighted by Crippen LogP contribution is -2.28. The van der Waals surface area contributed by atoms with Crippen LogP contribution in [0.1, 0.15) is 43.2 Å². The van der Waals surface area contributed by atoms with Crippen molar-refractivity contribution in [3.63, 3.8) is 0 Å². The molecule has 1 aromatic carbocycles. The highest BCUT2D eigenvalue weighted by atomic mass is 79.9. The molecule has 0 bridgehead atoms. The molecular weight excluding hydrogens is 260 g/mol. The first-order valence-corrected chi connectivity index (χ1v) is 7.48. The van der Waals surface area contributed by atoms with Gasteiger partial charge in [0.05, 0.1) is 0 Å². The van der Waals surface area contributed by atoms with E-state index in [1.54, 1.807) is 0 Å². The fourth-order valence-electron chi connectivity index (χ4n) is 2.91. The van der Waals surface area contributed by atoms with Crippen LogP contribution < -0.4 is 0 Å². The molecule has 0 radical (unpaired) electrons. The highest BCUT2D eigenvalue weighted by Crippen LogP contribution is 2.40. The van der Waals surface area contributed by atoms with Crippen LogP contribution in [0, 0.1) is 12.3 Å². The van der Waals surface area contributed by atoms with Crippen molar-refractivity contribution in [3.05, 3.63) is 35.4 Å². The summed E-state index contributed by atoms with van der Waals surface area (Å²) in [4.78, 5) is 0. The van der Waals surface area contributed by atoms with Gasteiger partial charge in [-0.25, -0.2) is 0 Å². The van der Waals surface area contributed by atoms with Gasteiger partial charge in [0.25, 0.3) is 0 Å². The van der Waals surface area contributed by atoms with E-state index >= 15 is 0 Å². The fourth-order valence-corrected chi connectivity index (χ4v) is 3.67. The molecule has 0 aliphatic heterocycles. The van der Waals surface area contributed by atoms with Crippen LogP contribution in [-0.2, 0) is 6.42 Å². The summed E-state index contributed by atoms with van der Waals surface area (Å²) in [5.41, 5.74) is 3.44. The second-order valence-corrected chi connectivity index (χ2v) is 5.92. The van der Waals surface area contributed by atoms with E-state index in [-0.39, 0.29) is 0 Å². The highest BCUT2D eigenvalue weighted by Gasteiger charge is 2.30. The summed E-state index contributed by atoms with van der Waals surface area (Å²) < 4.78 is 0. The van der Waals surface area contributed by atoms with Crippen molar-refractivity contribution in [2.45, 2.75) is 45.4 Å². The van der Waals surface area contributed by atoms with Gasteiger partial charge in [-0.15, -0.1) is 0 Å². The van der Waals surface area contributed by atoms with E-state index in [1.165, 1.54) is 49.7 Å². The molecule has 0 heterocycles. The molecule has 0 atom stereocenters. The topological polar surface area (TPSA) is 0 Å². The minimum atomic E-state index is 0.534. The third kappa shape index (κ3) is 2.88. The molecule has 1 saturated carbocycles. The molecule has 1 aromatic rings. The molecule has 1 aliphatic rings. The second kappa shape index (κ2) is 5.35. The van der Waals surface area contributed by atoms with Gasteiger partial charge in [0.1, 0.15) is 0 Å². The van der Waals surface area contributed by atoms with E-state index < -0.39 is 0 Å². The Kier molecular flexibility index (Phi) is 4.07. The van der Waals surface area contributed by atoms with Gasteiger partial charge < -0.3 is 0 Å². The van der Waals surface area contributed by atoms with E-state index in [4.69, 9.17) is 0 Å². The van der Waals surface area contributed by atoms with Crippen LogP contribution in [0.2, 0.25) is 0 Å². The van der Waals surface area contributed by atoms with Crippen molar-refractivity contribution in [1.82, 2.24) is 0 Å². The molecule has 2 rings (SSSR count). The standard InChI is InChI=1S/C15H21Br/c1-13-6-5-7-14(10-13)11-15(12-16)8-3-2-4-9-15/h5-7,10H,2-4,8-9,11-12H2,1H3. The van der Waals surface area contributed by atoms with Gasteiger partial charge in [0.15, 0.2) is 0 Å². The van der Waals surface area contributed by atoms with E-state index in [1.807, 2.05) is 0 Å². The smallest absolute Gasteiger partial charge is 0.00911 e. The van der Waals surface area contributed by atoms with Crippen LogP contribution in [-0.4, -0.2) is 5.33 Å². The maximum absolute atomic E-state index is 3.74. The predicted molar refractivity (Wildman–Crippen MR) is 74.2 cm³/mol. The summed E-state index contributed by atoms with van der Waals surface area (Å²) in [7, 11) is 0. The van der Waals surface area contributed by atoms with Gasteiger partial charge in [-0.3, -0.25) is 0 Å². The number of hydrogen-bond acceptors (Lipinski definition) is 0. The Morgan fingerprint density at radius 2 is 1.94 bits per heavy atom. The predicted octanol–water partition coefficient (Wildman–Crippen LogP) is 4.88. The molecule has 88 valence electrons. The van der Waals surface area contributed by atoms with Crippen molar-refractivity contribution in [2.24, 2.45) is 5.41 Å². The Hall–Kier alpha value is -0.300. The molecule has 1 heteroatoms. The monoisotopic (exact) mass is 280 g/mol. The number of hydrogen-bond donors (Lipinski definition) is 0. The third-order valence-corrected chi connectivity index (χ3v) is 5.05. The zero-order valence-electron chi connectivity index (χ0n) is 10.1. The lowest BCUT2D eigenvalue weighted by Gasteiger charge is -2.36. The van der Waals surface area contributed by atoms with E-state index in [0.717, 1.165) is 5.33 Å². The average molecular weight is 281 g/mol. The number of rotatable bonds is 3. The Bertz CT molecular complexity index is 337. The van der Waals surface area contributed by atoms with E-state index in [0.29, 0.717) is 5.41 Å². The van der Waals surface area contributed by atoms with E-state index in [9.17, 15) is 0 Å². The number of benzene rings is 1. The normalized spacial score (nSPS) is 19.6. The zero-order valence-corrected chi connectivity index (χ0v) is 11.7. The molecule has 0 nitrogen and oxygen atoms in total. The first-order chi connectivity index (χ1) is 7.74. The number of halogens is 1. The molecule has 0 N–H and O–H groups in total. The number of alkyl halides is 1. The zero-order chi connectivity index (χ0) is 11.4.